The van der Waals surface area contributed by atoms with Gasteiger partial charge in [-0.15, -0.1) is 0 Å². The number of ether oxygens (including phenoxy) is 2. The van der Waals surface area contributed by atoms with Crippen molar-refractivity contribution in [1.82, 2.24) is 9.97 Å². The molecular formula is C17H17N3O4S. The number of nitrogens with zero attached hydrogens (tertiary/aromatic N) is 2. The molecule has 0 aliphatic rings. The van der Waals surface area contributed by atoms with Crippen LogP contribution >= 0.6 is 11.8 Å². The van der Waals surface area contributed by atoms with Crippen LogP contribution in [0.3, 0.4) is 0 Å². The summed E-state index contributed by atoms with van der Waals surface area (Å²) in [5.41, 5.74) is 0.192. The summed E-state index contributed by atoms with van der Waals surface area (Å²) < 4.78 is 10.8. The minimum absolute atomic E-state index is 0.0847. The summed E-state index contributed by atoms with van der Waals surface area (Å²) in [6.45, 7) is 3.86. The molecule has 0 saturated carbocycles. The van der Waals surface area contributed by atoms with Gasteiger partial charge in [-0.3, -0.25) is 9.59 Å². The van der Waals surface area contributed by atoms with Gasteiger partial charge >= 0.3 is 5.97 Å². The number of thioether (sulfide) groups is 1. The molecule has 1 N–H and O–H groups in total. The van der Waals surface area contributed by atoms with Crippen LogP contribution in [-0.4, -0.2) is 28.8 Å². The van der Waals surface area contributed by atoms with E-state index >= 15 is 0 Å². The predicted octanol–water partition coefficient (Wildman–Crippen LogP) is 2.74. The molecule has 7 nitrogen and oxygen atoms in total. The number of esters is 1. The summed E-state index contributed by atoms with van der Waals surface area (Å²) in [5.74, 6) is 0.245. The van der Waals surface area contributed by atoms with E-state index in [1.54, 1.807) is 38.3 Å². The number of hydrogen-bond acceptors (Lipinski definition) is 7. The monoisotopic (exact) mass is 359 g/mol. The lowest BCUT2D eigenvalue weighted by atomic mass is 10.1. The quantitative estimate of drug-likeness (QED) is 0.366. The Bertz CT molecular complexity index is 886. The molecule has 0 fully saturated rings. The van der Waals surface area contributed by atoms with Crippen molar-refractivity contribution in [3.63, 3.8) is 0 Å². The molecule has 2 aromatic rings. The molecule has 0 saturated heterocycles. The molecule has 0 radical (unpaired) electrons. The number of benzene rings is 1. The second-order valence-electron chi connectivity index (χ2n) is 4.83. The first-order valence-electron chi connectivity index (χ1n) is 7.60. The molecule has 0 aliphatic heterocycles. The van der Waals surface area contributed by atoms with Gasteiger partial charge in [0.1, 0.15) is 11.6 Å². The number of carbonyl (C=O) groups is 1. The van der Waals surface area contributed by atoms with Gasteiger partial charge in [0, 0.05) is 12.0 Å². The molecule has 0 amide bonds. The predicted molar refractivity (Wildman–Crippen MR) is 93.9 cm³/mol. The summed E-state index contributed by atoms with van der Waals surface area (Å²) >= 11 is 1.26. The van der Waals surface area contributed by atoms with E-state index in [2.05, 4.69) is 9.97 Å². The topological polar surface area (TPSA) is 105 Å². The highest BCUT2D eigenvalue weighted by molar-refractivity contribution is 7.98. The number of hydrogen-bond donors (Lipinski definition) is 1. The number of rotatable bonds is 6. The highest BCUT2D eigenvalue weighted by atomic mass is 32.2. The molecule has 1 aromatic carbocycles. The number of aromatic nitrogens is 2. The van der Waals surface area contributed by atoms with Crippen molar-refractivity contribution < 1.29 is 14.3 Å². The van der Waals surface area contributed by atoms with Crippen molar-refractivity contribution in [3.8, 4) is 28.8 Å². The van der Waals surface area contributed by atoms with Crippen molar-refractivity contribution >= 4 is 17.7 Å². The molecule has 0 atom stereocenters. The molecule has 1 heterocycles. The maximum absolute atomic E-state index is 12.1. The van der Waals surface area contributed by atoms with Crippen molar-refractivity contribution in [1.29, 1.82) is 5.26 Å². The van der Waals surface area contributed by atoms with Crippen molar-refractivity contribution in [2.75, 3.05) is 12.9 Å². The van der Waals surface area contributed by atoms with Crippen LogP contribution in [0.15, 0.2) is 28.2 Å². The average Bonchev–Trinajstić information content (AvgIpc) is 2.62. The summed E-state index contributed by atoms with van der Waals surface area (Å²) in [5, 5.41) is 9.69. The maximum Gasteiger partial charge on any atom is 0.311 e. The Morgan fingerprint density at radius 1 is 1.36 bits per heavy atom. The lowest BCUT2D eigenvalue weighted by Crippen LogP contribution is -2.14. The molecule has 0 aliphatic carbocycles. The van der Waals surface area contributed by atoms with Gasteiger partial charge in [-0.05, 0) is 31.4 Å². The Kier molecular flexibility index (Phi) is 6.19. The first-order valence-corrected chi connectivity index (χ1v) is 8.82. The van der Waals surface area contributed by atoms with Crippen LogP contribution in [0.1, 0.15) is 25.8 Å². The fourth-order valence-electron chi connectivity index (χ4n) is 2.06. The van der Waals surface area contributed by atoms with Crippen LogP contribution in [0.4, 0.5) is 0 Å². The molecule has 0 bridgehead atoms. The van der Waals surface area contributed by atoms with Crippen molar-refractivity contribution in [2.24, 2.45) is 0 Å². The summed E-state index contributed by atoms with van der Waals surface area (Å²) in [6, 6.07) is 6.68. The fraction of sp³-hybridized carbons (Fsp3) is 0.294. The maximum atomic E-state index is 12.1. The molecule has 8 heteroatoms. The zero-order valence-corrected chi connectivity index (χ0v) is 14.9. The van der Waals surface area contributed by atoms with Gasteiger partial charge in [0.15, 0.2) is 16.7 Å². The molecule has 1 aromatic heterocycles. The third kappa shape index (κ3) is 4.19. The first-order chi connectivity index (χ1) is 12.0. The number of nitrogens with one attached hydrogen (secondary N) is 1. The van der Waals surface area contributed by atoms with Gasteiger partial charge in [-0.2, -0.15) is 5.26 Å². The van der Waals surface area contributed by atoms with Gasteiger partial charge in [0.05, 0.1) is 12.3 Å². The standard InChI is InChI=1S/C17H17N3O4S/c1-4-14(21)24-12-7-6-10(8-13(12)23-5-2)15-11(9-18)16(22)20-17(19-15)25-3/h6-8H,4-5H2,1-3H3,(H,19,20,22). The second-order valence-corrected chi connectivity index (χ2v) is 5.63. The first kappa shape index (κ1) is 18.5. The van der Waals surface area contributed by atoms with Crippen molar-refractivity contribution in [3.05, 3.63) is 34.1 Å². The van der Waals surface area contributed by atoms with Crippen LogP contribution in [0.5, 0.6) is 11.5 Å². The third-order valence-electron chi connectivity index (χ3n) is 3.23. The molecule has 2 rings (SSSR count). The lowest BCUT2D eigenvalue weighted by Gasteiger charge is -2.12. The molecule has 0 unspecified atom stereocenters. The van der Waals surface area contributed by atoms with Crippen LogP contribution < -0.4 is 15.0 Å². The second kappa shape index (κ2) is 8.35. The number of nitriles is 1. The fourth-order valence-corrected chi connectivity index (χ4v) is 2.44. The van der Waals surface area contributed by atoms with Crippen LogP contribution in [0.2, 0.25) is 0 Å². The van der Waals surface area contributed by atoms with Gasteiger partial charge in [0.2, 0.25) is 0 Å². The molecular weight excluding hydrogens is 342 g/mol. The lowest BCUT2D eigenvalue weighted by molar-refractivity contribution is -0.134. The van der Waals surface area contributed by atoms with Gasteiger partial charge in [-0.25, -0.2) is 4.98 Å². The number of carbonyl (C=O) groups excluding carboxylic acids is 1. The number of H-pyrrole nitrogens is 1. The van der Waals surface area contributed by atoms with E-state index in [4.69, 9.17) is 9.47 Å². The van der Waals surface area contributed by atoms with Crippen molar-refractivity contribution in [2.45, 2.75) is 25.4 Å². The number of aromatic amines is 1. The Labute approximate surface area is 149 Å². The van der Waals surface area contributed by atoms with Gasteiger partial charge in [0.25, 0.3) is 5.56 Å². The van der Waals surface area contributed by atoms with Crippen LogP contribution in [0.25, 0.3) is 11.3 Å². The van der Waals surface area contributed by atoms with E-state index in [0.29, 0.717) is 23.1 Å². The van der Waals surface area contributed by atoms with Crippen LogP contribution in [-0.2, 0) is 4.79 Å². The van der Waals surface area contributed by atoms with Crippen LogP contribution in [0, 0.1) is 11.3 Å². The SMILES string of the molecule is CCOc1cc(-c2nc(SC)[nH]c(=O)c2C#N)ccc1OC(=O)CC. The molecule has 0 spiro atoms. The zero-order chi connectivity index (χ0) is 18.4. The van der Waals surface area contributed by atoms with E-state index in [1.165, 1.54) is 11.8 Å². The van der Waals surface area contributed by atoms with Gasteiger partial charge < -0.3 is 14.5 Å². The minimum atomic E-state index is -0.503. The van der Waals surface area contributed by atoms with E-state index in [1.807, 2.05) is 6.07 Å². The van der Waals surface area contributed by atoms with E-state index < -0.39 is 5.56 Å². The summed E-state index contributed by atoms with van der Waals surface area (Å²) in [7, 11) is 0. The Hall–Kier alpha value is -2.79. The third-order valence-corrected chi connectivity index (χ3v) is 3.81. The summed E-state index contributed by atoms with van der Waals surface area (Å²) in [4.78, 5) is 30.5. The van der Waals surface area contributed by atoms with E-state index in [9.17, 15) is 14.9 Å². The van der Waals surface area contributed by atoms with Gasteiger partial charge in [-0.1, -0.05) is 18.7 Å². The smallest absolute Gasteiger partial charge is 0.311 e. The van der Waals surface area contributed by atoms with E-state index in [0.717, 1.165) is 0 Å². The largest absolute Gasteiger partial charge is 0.490 e. The minimum Gasteiger partial charge on any atom is -0.490 e. The Morgan fingerprint density at radius 3 is 2.72 bits per heavy atom. The Morgan fingerprint density at radius 2 is 2.12 bits per heavy atom. The summed E-state index contributed by atoms with van der Waals surface area (Å²) in [6.07, 6.45) is 2.01. The van der Waals surface area contributed by atoms with E-state index in [-0.39, 0.29) is 29.4 Å². The zero-order valence-electron chi connectivity index (χ0n) is 14.1. The molecule has 130 valence electrons. The normalized spacial score (nSPS) is 10.2. The highest BCUT2D eigenvalue weighted by Gasteiger charge is 2.16. The highest BCUT2D eigenvalue weighted by Crippen LogP contribution is 2.33. The average molecular weight is 359 g/mol. The molecule has 25 heavy (non-hydrogen) atoms. The Balaban J connectivity index is 2.59.